The van der Waals surface area contributed by atoms with Gasteiger partial charge in [-0.2, -0.15) is 0 Å². The van der Waals surface area contributed by atoms with Crippen molar-refractivity contribution in [3.63, 3.8) is 0 Å². The van der Waals surface area contributed by atoms with E-state index in [1.54, 1.807) is 24.5 Å². The minimum absolute atomic E-state index is 0.216. The molecule has 1 heterocycles. The molecule has 2 aromatic carbocycles. The van der Waals surface area contributed by atoms with Crippen molar-refractivity contribution in [3.8, 4) is 11.5 Å². The van der Waals surface area contributed by atoms with Crippen LogP contribution in [0.15, 0.2) is 42.7 Å². The Morgan fingerprint density at radius 2 is 1.92 bits per heavy atom. The van der Waals surface area contributed by atoms with Gasteiger partial charge in [-0.3, -0.25) is 4.79 Å². The van der Waals surface area contributed by atoms with Gasteiger partial charge in [-0.15, -0.1) is 0 Å². The molecule has 0 radical (unpaired) electrons. The van der Waals surface area contributed by atoms with Gasteiger partial charge in [0, 0.05) is 6.54 Å². The number of fused-ring (bicyclic) bond motifs is 1. The van der Waals surface area contributed by atoms with Crippen LogP contribution in [-0.4, -0.2) is 36.6 Å². The molecule has 0 aliphatic carbocycles. The number of ether oxygens (including phenoxy) is 2. The summed E-state index contributed by atoms with van der Waals surface area (Å²) in [6.45, 7) is 0.514. The smallest absolute Gasteiger partial charge is 0.258 e. The van der Waals surface area contributed by atoms with E-state index in [-0.39, 0.29) is 5.91 Å². The summed E-state index contributed by atoms with van der Waals surface area (Å²) in [6, 6.07) is 11.3. The number of nitrogens with one attached hydrogen (secondary N) is 2. The summed E-state index contributed by atoms with van der Waals surface area (Å²) in [5, 5.41) is 2.91. The van der Waals surface area contributed by atoms with Gasteiger partial charge < -0.3 is 19.8 Å². The molecule has 1 amide bonds. The number of amides is 1. The lowest BCUT2D eigenvalue weighted by Gasteiger charge is -2.13. The number of H-pyrrole nitrogens is 1. The fourth-order valence-corrected chi connectivity index (χ4v) is 2.62. The molecule has 0 atom stereocenters. The van der Waals surface area contributed by atoms with Crippen LogP contribution in [0.5, 0.6) is 11.5 Å². The molecule has 2 N–H and O–H groups in total. The topological polar surface area (TPSA) is 76.2 Å². The normalized spacial score (nSPS) is 10.6. The third-order valence-electron chi connectivity index (χ3n) is 3.84. The molecule has 3 rings (SSSR count). The fourth-order valence-electron chi connectivity index (χ4n) is 2.62. The van der Waals surface area contributed by atoms with Crippen LogP contribution in [0, 0.1) is 0 Å². The van der Waals surface area contributed by atoms with Gasteiger partial charge in [0.15, 0.2) is 0 Å². The summed E-state index contributed by atoms with van der Waals surface area (Å²) < 4.78 is 10.5. The summed E-state index contributed by atoms with van der Waals surface area (Å²) >= 11 is 0. The fraction of sp³-hybridized carbons (Fsp3) is 0.222. The highest BCUT2D eigenvalue weighted by Gasteiger charge is 2.17. The Kier molecular flexibility index (Phi) is 4.65. The largest absolute Gasteiger partial charge is 0.496 e. The first-order valence-corrected chi connectivity index (χ1v) is 7.64. The Balaban J connectivity index is 1.67. The minimum Gasteiger partial charge on any atom is -0.496 e. The lowest BCUT2D eigenvalue weighted by molar-refractivity contribution is 0.0948. The predicted molar refractivity (Wildman–Crippen MR) is 91.7 cm³/mol. The van der Waals surface area contributed by atoms with Gasteiger partial charge in [0.1, 0.15) is 17.1 Å². The number of benzene rings is 2. The van der Waals surface area contributed by atoms with Crippen LogP contribution in [0.2, 0.25) is 0 Å². The first kappa shape index (κ1) is 15.9. The molecule has 0 aliphatic heterocycles. The van der Waals surface area contributed by atoms with Gasteiger partial charge in [-0.05, 0) is 36.2 Å². The lowest BCUT2D eigenvalue weighted by Crippen LogP contribution is -2.26. The number of carbonyl (C=O) groups is 1. The molecule has 0 spiro atoms. The van der Waals surface area contributed by atoms with Gasteiger partial charge in [-0.25, -0.2) is 4.98 Å². The van der Waals surface area contributed by atoms with E-state index in [2.05, 4.69) is 15.3 Å². The van der Waals surface area contributed by atoms with Gasteiger partial charge in [0.2, 0.25) is 0 Å². The second-order valence-corrected chi connectivity index (χ2v) is 5.30. The summed E-state index contributed by atoms with van der Waals surface area (Å²) in [5.41, 5.74) is 3.46. The van der Waals surface area contributed by atoms with Crippen molar-refractivity contribution in [1.82, 2.24) is 15.3 Å². The van der Waals surface area contributed by atoms with Crippen molar-refractivity contribution in [2.45, 2.75) is 6.42 Å². The average Bonchev–Trinajstić information content (AvgIpc) is 3.08. The van der Waals surface area contributed by atoms with Crippen molar-refractivity contribution < 1.29 is 14.3 Å². The zero-order valence-electron chi connectivity index (χ0n) is 13.6. The van der Waals surface area contributed by atoms with E-state index >= 15 is 0 Å². The first-order chi connectivity index (χ1) is 11.7. The summed E-state index contributed by atoms with van der Waals surface area (Å²) in [5.74, 6) is 0.767. The zero-order chi connectivity index (χ0) is 16.9. The number of rotatable bonds is 6. The molecule has 0 bridgehead atoms. The number of aromatic amines is 1. The van der Waals surface area contributed by atoms with Crippen molar-refractivity contribution in [3.05, 3.63) is 53.9 Å². The van der Waals surface area contributed by atoms with E-state index < -0.39 is 0 Å². The molecule has 24 heavy (non-hydrogen) atoms. The molecule has 3 aromatic rings. The number of methoxy groups -OCH3 is 2. The number of imidazole rings is 1. The van der Waals surface area contributed by atoms with E-state index in [1.807, 2.05) is 18.2 Å². The van der Waals surface area contributed by atoms with E-state index in [0.29, 0.717) is 23.6 Å². The SMILES string of the molecule is COc1cccc(OC)c1C(=O)NCCc1ccc2nc[nH]c2c1. The minimum atomic E-state index is -0.216. The van der Waals surface area contributed by atoms with Crippen LogP contribution >= 0.6 is 0 Å². The second kappa shape index (κ2) is 7.04. The van der Waals surface area contributed by atoms with E-state index in [1.165, 1.54) is 14.2 Å². The summed E-state index contributed by atoms with van der Waals surface area (Å²) in [4.78, 5) is 19.8. The molecule has 0 aliphatic rings. The van der Waals surface area contributed by atoms with Gasteiger partial charge in [0.25, 0.3) is 5.91 Å². The van der Waals surface area contributed by atoms with Gasteiger partial charge in [0.05, 0.1) is 31.6 Å². The number of hydrogen-bond acceptors (Lipinski definition) is 4. The van der Waals surface area contributed by atoms with Crippen molar-refractivity contribution in [2.24, 2.45) is 0 Å². The van der Waals surface area contributed by atoms with Crippen LogP contribution in [0.25, 0.3) is 11.0 Å². The molecule has 0 saturated heterocycles. The maximum absolute atomic E-state index is 12.5. The number of carbonyl (C=O) groups excluding carboxylic acids is 1. The number of hydrogen-bond donors (Lipinski definition) is 2. The molecular formula is C18H19N3O3. The van der Waals surface area contributed by atoms with Crippen molar-refractivity contribution in [1.29, 1.82) is 0 Å². The van der Waals surface area contributed by atoms with Crippen LogP contribution < -0.4 is 14.8 Å². The molecule has 1 aromatic heterocycles. The number of nitrogens with zero attached hydrogens (tertiary/aromatic N) is 1. The van der Waals surface area contributed by atoms with Crippen molar-refractivity contribution in [2.75, 3.05) is 20.8 Å². The Labute approximate surface area is 139 Å². The molecule has 124 valence electrons. The average molecular weight is 325 g/mol. The lowest BCUT2D eigenvalue weighted by atomic mass is 10.1. The maximum atomic E-state index is 12.5. The van der Waals surface area contributed by atoms with Gasteiger partial charge in [-0.1, -0.05) is 12.1 Å². The van der Waals surface area contributed by atoms with Gasteiger partial charge >= 0.3 is 0 Å². The van der Waals surface area contributed by atoms with E-state index in [0.717, 1.165) is 23.0 Å². The molecule has 6 nitrogen and oxygen atoms in total. The quantitative estimate of drug-likeness (QED) is 0.730. The standard InChI is InChI=1S/C18H19N3O3/c1-23-15-4-3-5-16(24-2)17(15)18(22)19-9-8-12-6-7-13-14(10-12)21-11-20-13/h3-7,10-11H,8-9H2,1-2H3,(H,19,22)(H,20,21). The van der Waals surface area contributed by atoms with E-state index in [4.69, 9.17) is 9.47 Å². The highest BCUT2D eigenvalue weighted by molar-refractivity contribution is 5.99. The number of aromatic nitrogens is 2. The maximum Gasteiger partial charge on any atom is 0.258 e. The molecule has 0 fully saturated rings. The van der Waals surface area contributed by atoms with Crippen LogP contribution in [0.1, 0.15) is 15.9 Å². The Morgan fingerprint density at radius 3 is 2.62 bits per heavy atom. The van der Waals surface area contributed by atoms with Crippen molar-refractivity contribution >= 4 is 16.9 Å². The monoisotopic (exact) mass is 325 g/mol. The summed E-state index contributed by atoms with van der Waals surface area (Å²) in [6.07, 6.45) is 2.39. The summed E-state index contributed by atoms with van der Waals surface area (Å²) in [7, 11) is 3.07. The van der Waals surface area contributed by atoms with Crippen LogP contribution in [0.3, 0.4) is 0 Å². The molecule has 0 saturated carbocycles. The highest BCUT2D eigenvalue weighted by Crippen LogP contribution is 2.27. The highest BCUT2D eigenvalue weighted by atomic mass is 16.5. The zero-order valence-corrected chi connectivity index (χ0v) is 13.6. The molecule has 6 heteroatoms. The molecule has 0 unspecified atom stereocenters. The Bertz CT molecular complexity index is 835. The third-order valence-corrected chi connectivity index (χ3v) is 3.84. The van der Waals surface area contributed by atoms with Crippen LogP contribution in [0.4, 0.5) is 0 Å². The van der Waals surface area contributed by atoms with Crippen LogP contribution in [-0.2, 0) is 6.42 Å². The van der Waals surface area contributed by atoms with E-state index in [9.17, 15) is 4.79 Å². The third kappa shape index (κ3) is 3.17. The first-order valence-electron chi connectivity index (χ1n) is 7.64. The molecular weight excluding hydrogens is 306 g/mol. The predicted octanol–water partition coefficient (Wildman–Crippen LogP) is 2.55. The second-order valence-electron chi connectivity index (χ2n) is 5.30. The Morgan fingerprint density at radius 1 is 1.17 bits per heavy atom. The Hall–Kier alpha value is -3.02.